The van der Waals surface area contributed by atoms with Crippen molar-refractivity contribution in [2.75, 3.05) is 12.4 Å². The summed E-state index contributed by atoms with van der Waals surface area (Å²) in [5, 5.41) is 17.8. The van der Waals surface area contributed by atoms with Gasteiger partial charge in [-0.25, -0.2) is 4.79 Å². The number of hydrogen-bond acceptors (Lipinski definition) is 5. The number of carboxylic acid groups (broad SMARTS) is 1. The van der Waals surface area contributed by atoms with Crippen molar-refractivity contribution >= 4 is 23.5 Å². The Bertz CT molecular complexity index is 556. The second-order valence-electron chi connectivity index (χ2n) is 4.62. The van der Waals surface area contributed by atoms with Crippen molar-refractivity contribution in [3.63, 3.8) is 0 Å². The van der Waals surface area contributed by atoms with Crippen LogP contribution in [0.1, 0.15) is 12.8 Å². The number of aromatic nitrogens is 2. The Kier molecular flexibility index (Phi) is 4.53. The van der Waals surface area contributed by atoms with Crippen LogP contribution in [0.3, 0.4) is 0 Å². The smallest absolute Gasteiger partial charge is 0.332 e. The summed E-state index contributed by atoms with van der Waals surface area (Å²) in [5.41, 5.74) is 0.422. The van der Waals surface area contributed by atoms with Crippen molar-refractivity contribution in [2.45, 2.75) is 31.6 Å². The van der Waals surface area contributed by atoms with E-state index in [1.54, 1.807) is 0 Å². The van der Waals surface area contributed by atoms with Crippen LogP contribution < -0.4 is 10.6 Å². The van der Waals surface area contributed by atoms with E-state index in [2.05, 4.69) is 15.7 Å². The van der Waals surface area contributed by atoms with Gasteiger partial charge in [0.25, 0.3) is 5.91 Å². The van der Waals surface area contributed by atoms with Crippen LogP contribution in [0.4, 0.5) is 5.69 Å². The van der Waals surface area contributed by atoms with Gasteiger partial charge in [0.2, 0.25) is 5.91 Å². The second-order valence-corrected chi connectivity index (χ2v) is 4.62. The highest BCUT2D eigenvalue weighted by Crippen LogP contribution is 2.21. The van der Waals surface area contributed by atoms with E-state index in [-0.39, 0.29) is 12.5 Å². The van der Waals surface area contributed by atoms with Gasteiger partial charge in [0.15, 0.2) is 6.10 Å². The van der Waals surface area contributed by atoms with Crippen LogP contribution in [0.5, 0.6) is 0 Å². The normalized spacial score (nSPS) is 21.0. The van der Waals surface area contributed by atoms with E-state index in [4.69, 9.17) is 9.84 Å². The molecule has 9 nitrogen and oxygen atoms in total. The molecule has 1 aromatic heterocycles. The molecule has 0 saturated carbocycles. The first-order valence-electron chi connectivity index (χ1n) is 6.41. The first-order chi connectivity index (χ1) is 9.99. The van der Waals surface area contributed by atoms with Gasteiger partial charge in [0.05, 0.1) is 11.9 Å². The van der Waals surface area contributed by atoms with Crippen molar-refractivity contribution in [3.8, 4) is 0 Å². The minimum absolute atomic E-state index is 0.0490. The number of hydrogen-bond donors (Lipinski definition) is 3. The predicted octanol–water partition coefficient (Wildman–Crippen LogP) is -0.800. The summed E-state index contributed by atoms with van der Waals surface area (Å²) in [5.74, 6) is -1.69. The van der Waals surface area contributed by atoms with Crippen LogP contribution in [0, 0.1) is 0 Å². The van der Waals surface area contributed by atoms with E-state index >= 15 is 0 Å². The molecule has 1 fully saturated rings. The third-order valence-electron chi connectivity index (χ3n) is 3.07. The standard InChI is InChI=1S/C12H16N4O5/c1-13-10(17)6-16-5-7(4-14-16)15-11(18)8-2-3-9(21-8)12(19)20/h4-5,8-9H,2-3,6H2,1H3,(H,13,17)(H,15,18)(H,19,20). The van der Waals surface area contributed by atoms with Gasteiger partial charge in [0.1, 0.15) is 12.6 Å². The predicted molar refractivity (Wildman–Crippen MR) is 70.5 cm³/mol. The third-order valence-corrected chi connectivity index (χ3v) is 3.07. The molecule has 0 radical (unpaired) electrons. The van der Waals surface area contributed by atoms with Gasteiger partial charge in [-0.3, -0.25) is 14.3 Å². The zero-order valence-electron chi connectivity index (χ0n) is 11.4. The Morgan fingerprint density at radius 1 is 1.43 bits per heavy atom. The highest BCUT2D eigenvalue weighted by Gasteiger charge is 2.34. The number of nitrogens with one attached hydrogen (secondary N) is 2. The summed E-state index contributed by atoms with van der Waals surface area (Å²) < 4.78 is 6.52. The summed E-state index contributed by atoms with van der Waals surface area (Å²) in [6.45, 7) is 0.0490. The summed E-state index contributed by atoms with van der Waals surface area (Å²) in [4.78, 5) is 33.9. The summed E-state index contributed by atoms with van der Waals surface area (Å²) in [6, 6.07) is 0. The number of carbonyl (C=O) groups is 3. The van der Waals surface area contributed by atoms with Gasteiger partial charge >= 0.3 is 5.97 Å². The van der Waals surface area contributed by atoms with Crippen LogP contribution in [-0.2, 0) is 25.7 Å². The first-order valence-corrected chi connectivity index (χ1v) is 6.41. The Labute approximate surface area is 120 Å². The fourth-order valence-electron chi connectivity index (χ4n) is 1.98. The van der Waals surface area contributed by atoms with Crippen molar-refractivity contribution in [2.24, 2.45) is 0 Å². The van der Waals surface area contributed by atoms with Crippen LogP contribution in [0.15, 0.2) is 12.4 Å². The molecule has 1 aliphatic rings. The number of rotatable bonds is 5. The van der Waals surface area contributed by atoms with Gasteiger partial charge in [-0.15, -0.1) is 0 Å². The highest BCUT2D eigenvalue weighted by molar-refractivity contribution is 5.94. The van der Waals surface area contributed by atoms with Crippen molar-refractivity contribution in [1.29, 1.82) is 0 Å². The quantitative estimate of drug-likeness (QED) is 0.654. The molecule has 21 heavy (non-hydrogen) atoms. The number of ether oxygens (including phenoxy) is 1. The molecule has 3 N–H and O–H groups in total. The molecule has 2 amide bonds. The number of carbonyl (C=O) groups excluding carboxylic acids is 2. The number of nitrogens with zero attached hydrogens (tertiary/aromatic N) is 2. The molecule has 9 heteroatoms. The molecule has 0 spiro atoms. The maximum atomic E-state index is 11.9. The average Bonchev–Trinajstić information content (AvgIpc) is 3.07. The molecule has 0 aromatic carbocycles. The molecule has 114 valence electrons. The van der Waals surface area contributed by atoms with Gasteiger partial charge in [-0.1, -0.05) is 0 Å². The number of amides is 2. The zero-order chi connectivity index (χ0) is 15.4. The Hall–Kier alpha value is -2.42. The zero-order valence-corrected chi connectivity index (χ0v) is 11.4. The molecule has 1 aromatic rings. The van der Waals surface area contributed by atoms with Crippen LogP contribution >= 0.6 is 0 Å². The van der Waals surface area contributed by atoms with Crippen molar-refractivity contribution < 1.29 is 24.2 Å². The second kappa shape index (κ2) is 6.35. The van der Waals surface area contributed by atoms with Crippen LogP contribution in [0.2, 0.25) is 0 Å². The van der Waals surface area contributed by atoms with E-state index in [0.717, 1.165) is 0 Å². The molecule has 2 rings (SSSR count). The molecule has 0 bridgehead atoms. The van der Waals surface area contributed by atoms with Crippen molar-refractivity contribution in [3.05, 3.63) is 12.4 Å². The molecule has 0 aliphatic carbocycles. The first kappa shape index (κ1) is 15.0. The molecule has 1 aliphatic heterocycles. The largest absolute Gasteiger partial charge is 0.479 e. The van der Waals surface area contributed by atoms with Gasteiger partial charge in [-0.05, 0) is 12.8 Å². The summed E-state index contributed by atoms with van der Waals surface area (Å²) in [6.07, 6.45) is 1.87. The Morgan fingerprint density at radius 2 is 2.14 bits per heavy atom. The fourth-order valence-corrected chi connectivity index (χ4v) is 1.98. The monoisotopic (exact) mass is 296 g/mol. The lowest BCUT2D eigenvalue weighted by Crippen LogP contribution is -2.29. The van der Waals surface area contributed by atoms with Crippen LogP contribution in [-0.4, -0.2) is 51.9 Å². The molecular weight excluding hydrogens is 280 g/mol. The molecule has 2 heterocycles. The number of anilines is 1. The van der Waals surface area contributed by atoms with E-state index in [0.29, 0.717) is 18.5 Å². The fraction of sp³-hybridized carbons (Fsp3) is 0.500. The molecule has 2 atom stereocenters. The number of aliphatic carboxylic acids is 1. The minimum atomic E-state index is -1.07. The van der Waals surface area contributed by atoms with Gasteiger partial charge < -0.3 is 20.5 Å². The topological polar surface area (TPSA) is 123 Å². The van der Waals surface area contributed by atoms with Crippen LogP contribution in [0.25, 0.3) is 0 Å². The number of carboxylic acids is 1. The lowest BCUT2D eigenvalue weighted by Gasteiger charge is -2.10. The van der Waals surface area contributed by atoms with Crippen molar-refractivity contribution in [1.82, 2.24) is 15.1 Å². The maximum Gasteiger partial charge on any atom is 0.332 e. The Morgan fingerprint density at radius 3 is 2.76 bits per heavy atom. The third kappa shape index (κ3) is 3.78. The average molecular weight is 296 g/mol. The van der Waals surface area contributed by atoms with Gasteiger partial charge in [0, 0.05) is 13.2 Å². The Balaban J connectivity index is 1.89. The van der Waals surface area contributed by atoms with E-state index in [1.165, 1.54) is 24.1 Å². The van der Waals surface area contributed by atoms with E-state index in [1.807, 2.05) is 0 Å². The molecular formula is C12H16N4O5. The maximum absolute atomic E-state index is 11.9. The van der Waals surface area contributed by atoms with E-state index in [9.17, 15) is 14.4 Å². The number of likely N-dealkylation sites (N-methyl/N-ethyl adjacent to an activating group) is 1. The lowest BCUT2D eigenvalue weighted by atomic mass is 10.2. The minimum Gasteiger partial charge on any atom is -0.479 e. The van der Waals surface area contributed by atoms with Gasteiger partial charge in [-0.2, -0.15) is 5.10 Å². The summed E-state index contributed by atoms with van der Waals surface area (Å²) in [7, 11) is 1.52. The van der Waals surface area contributed by atoms with E-state index < -0.39 is 24.1 Å². The summed E-state index contributed by atoms with van der Waals surface area (Å²) >= 11 is 0. The molecule has 2 unspecified atom stereocenters. The lowest BCUT2D eigenvalue weighted by molar-refractivity contribution is -0.150. The highest BCUT2D eigenvalue weighted by atomic mass is 16.5. The SMILES string of the molecule is CNC(=O)Cn1cc(NC(=O)C2CCC(C(=O)O)O2)cn1. The molecule has 1 saturated heterocycles.